The van der Waals surface area contributed by atoms with E-state index < -0.39 is 6.10 Å². The van der Waals surface area contributed by atoms with Gasteiger partial charge in [0, 0.05) is 32.7 Å². The number of ether oxygens (including phenoxy) is 4. The van der Waals surface area contributed by atoms with Crippen molar-refractivity contribution in [1.29, 1.82) is 0 Å². The number of fused-ring (bicyclic) bond motifs is 1. The molecule has 0 N–H and O–H groups in total. The number of benzene rings is 2. The van der Waals surface area contributed by atoms with Crippen LogP contribution in [0.4, 0.5) is 0 Å². The Morgan fingerprint density at radius 3 is 2.52 bits per heavy atom. The maximum Gasteiger partial charge on any atom is 0.263 e. The molecule has 2 aromatic carbocycles. The van der Waals surface area contributed by atoms with Gasteiger partial charge in [-0.15, -0.1) is 0 Å². The number of carbonyl (C=O) groups is 1. The predicted octanol–water partition coefficient (Wildman–Crippen LogP) is 2.54. The van der Waals surface area contributed by atoms with Crippen molar-refractivity contribution in [2.45, 2.75) is 19.6 Å². The summed E-state index contributed by atoms with van der Waals surface area (Å²) in [5.41, 5.74) is 1.18. The van der Waals surface area contributed by atoms with Crippen molar-refractivity contribution in [2.24, 2.45) is 0 Å². The van der Waals surface area contributed by atoms with Crippen molar-refractivity contribution in [3.63, 3.8) is 0 Å². The van der Waals surface area contributed by atoms with Crippen LogP contribution in [0.5, 0.6) is 23.0 Å². The summed E-state index contributed by atoms with van der Waals surface area (Å²) in [7, 11) is 1.59. The zero-order chi connectivity index (χ0) is 20.2. The molecular formula is C22H26N2O5. The van der Waals surface area contributed by atoms with Crippen molar-refractivity contribution >= 4 is 5.91 Å². The molecule has 2 aliphatic heterocycles. The van der Waals surface area contributed by atoms with E-state index in [0.717, 1.165) is 31.1 Å². The number of rotatable bonds is 6. The van der Waals surface area contributed by atoms with Gasteiger partial charge in [-0.25, -0.2) is 0 Å². The number of carbonyl (C=O) groups excluding carboxylic acids is 1. The molecule has 4 rings (SSSR count). The van der Waals surface area contributed by atoms with E-state index in [2.05, 4.69) is 11.0 Å². The third-order valence-corrected chi connectivity index (χ3v) is 5.25. The van der Waals surface area contributed by atoms with Gasteiger partial charge in [0.15, 0.2) is 29.1 Å². The highest BCUT2D eigenvalue weighted by Crippen LogP contribution is 2.33. The summed E-state index contributed by atoms with van der Waals surface area (Å²) in [6, 6.07) is 13.4. The Hall–Kier alpha value is -2.93. The van der Waals surface area contributed by atoms with Crippen LogP contribution in [0, 0.1) is 0 Å². The summed E-state index contributed by atoms with van der Waals surface area (Å²) in [5.74, 6) is 2.81. The molecule has 2 aromatic rings. The lowest BCUT2D eigenvalue weighted by molar-refractivity contribution is -0.139. The van der Waals surface area contributed by atoms with E-state index in [9.17, 15) is 4.79 Å². The van der Waals surface area contributed by atoms with Gasteiger partial charge >= 0.3 is 0 Å². The quantitative estimate of drug-likeness (QED) is 0.745. The van der Waals surface area contributed by atoms with Gasteiger partial charge in [-0.1, -0.05) is 18.2 Å². The van der Waals surface area contributed by atoms with Gasteiger partial charge in [0.2, 0.25) is 6.79 Å². The van der Waals surface area contributed by atoms with Crippen molar-refractivity contribution < 1.29 is 23.7 Å². The molecule has 0 unspecified atom stereocenters. The number of methoxy groups -OCH3 is 1. The van der Waals surface area contributed by atoms with Gasteiger partial charge in [-0.2, -0.15) is 0 Å². The predicted molar refractivity (Wildman–Crippen MR) is 108 cm³/mol. The highest BCUT2D eigenvalue weighted by molar-refractivity contribution is 5.81. The molecule has 7 heteroatoms. The first-order valence-corrected chi connectivity index (χ1v) is 9.83. The van der Waals surface area contributed by atoms with Gasteiger partial charge in [-0.05, 0) is 36.8 Å². The molecule has 1 saturated heterocycles. The van der Waals surface area contributed by atoms with Crippen LogP contribution in [0.1, 0.15) is 12.5 Å². The smallest absolute Gasteiger partial charge is 0.263 e. The molecule has 0 aromatic heterocycles. The average Bonchev–Trinajstić information content (AvgIpc) is 3.22. The Labute approximate surface area is 170 Å². The molecule has 1 amide bonds. The number of piperazine rings is 1. The van der Waals surface area contributed by atoms with Crippen LogP contribution < -0.4 is 18.9 Å². The Kier molecular flexibility index (Phi) is 5.76. The van der Waals surface area contributed by atoms with Gasteiger partial charge < -0.3 is 23.8 Å². The molecule has 154 valence electrons. The molecule has 0 aliphatic carbocycles. The van der Waals surface area contributed by atoms with Crippen molar-refractivity contribution in [1.82, 2.24) is 9.80 Å². The first kappa shape index (κ1) is 19.4. The fourth-order valence-electron chi connectivity index (χ4n) is 3.64. The third-order valence-electron chi connectivity index (χ3n) is 5.25. The monoisotopic (exact) mass is 398 g/mol. The van der Waals surface area contributed by atoms with E-state index in [4.69, 9.17) is 18.9 Å². The number of hydrogen-bond acceptors (Lipinski definition) is 6. The van der Waals surface area contributed by atoms with Gasteiger partial charge in [0.1, 0.15) is 0 Å². The summed E-state index contributed by atoms with van der Waals surface area (Å²) in [6.07, 6.45) is -0.563. The summed E-state index contributed by atoms with van der Waals surface area (Å²) in [4.78, 5) is 17.0. The lowest BCUT2D eigenvalue weighted by atomic mass is 10.1. The normalized spacial score (nSPS) is 17.1. The van der Waals surface area contributed by atoms with Crippen molar-refractivity contribution in [2.75, 3.05) is 40.1 Å². The van der Waals surface area contributed by atoms with Crippen LogP contribution in [0.2, 0.25) is 0 Å². The standard InChI is InChI=1S/C22H26N2O5/c1-16(29-20-6-4-3-5-18(20)26-2)22(25)24-11-9-23(10-12-24)14-17-7-8-19-21(13-17)28-15-27-19/h3-8,13,16H,9-12,14-15H2,1-2H3/t16-/m0/s1. The van der Waals surface area contributed by atoms with Crippen LogP contribution >= 0.6 is 0 Å². The number of amides is 1. The molecule has 2 aliphatic rings. The largest absolute Gasteiger partial charge is 0.493 e. The number of hydrogen-bond donors (Lipinski definition) is 0. The second-order valence-electron chi connectivity index (χ2n) is 7.20. The van der Waals surface area contributed by atoms with E-state index in [0.29, 0.717) is 24.6 Å². The van der Waals surface area contributed by atoms with Crippen molar-refractivity contribution in [3.8, 4) is 23.0 Å². The van der Waals surface area contributed by atoms with E-state index in [1.165, 1.54) is 5.56 Å². The lowest BCUT2D eigenvalue weighted by Gasteiger charge is -2.36. The summed E-state index contributed by atoms with van der Waals surface area (Å²) < 4.78 is 22.0. The molecule has 0 radical (unpaired) electrons. The number of nitrogens with zero attached hydrogens (tertiary/aromatic N) is 2. The fourth-order valence-corrected chi connectivity index (χ4v) is 3.64. The number of para-hydroxylation sites is 2. The Morgan fingerprint density at radius 1 is 1.03 bits per heavy atom. The second kappa shape index (κ2) is 8.61. The molecule has 7 nitrogen and oxygen atoms in total. The zero-order valence-corrected chi connectivity index (χ0v) is 16.8. The topological polar surface area (TPSA) is 60.5 Å². The maximum absolute atomic E-state index is 12.8. The molecule has 0 spiro atoms. The average molecular weight is 398 g/mol. The molecule has 29 heavy (non-hydrogen) atoms. The Morgan fingerprint density at radius 2 is 1.76 bits per heavy atom. The maximum atomic E-state index is 12.8. The van der Waals surface area contributed by atoms with Gasteiger partial charge in [-0.3, -0.25) is 9.69 Å². The SMILES string of the molecule is COc1ccccc1O[C@@H](C)C(=O)N1CCN(Cc2ccc3c(c2)OCO3)CC1. The van der Waals surface area contributed by atoms with Crippen LogP contribution in [-0.2, 0) is 11.3 Å². The van der Waals surface area contributed by atoms with E-state index in [1.807, 2.05) is 41.3 Å². The van der Waals surface area contributed by atoms with E-state index in [-0.39, 0.29) is 12.7 Å². The zero-order valence-electron chi connectivity index (χ0n) is 16.8. The van der Waals surface area contributed by atoms with Gasteiger partial charge in [0.25, 0.3) is 5.91 Å². The lowest BCUT2D eigenvalue weighted by Crippen LogP contribution is -2.51. The van der Waals surface area contributed by atoms with Crippen LogP contribution in [0.15, 0.2) is 42.5 Å². The second-order valence-corrected chi connectivity index (χ2v) is 7.20. The molecule has 2 heterocycles. The van der Waals surface area contributed by atoms with E-state index in [1.54, 1.807) is 14.0 Å². The summed E-state index contributed by atoms with van der Waals surface area (Å²) in [6.45, 7) is 5.91. The molecule has 1 atom stereocenters. The molecular weight excluding hydrogens is 372 g/mol. The minimum atomic E-state index is -0.563. The molecule has 0 saturated carbocycles. The fraction of sp³-hybridized carbons (Fsp3) is 0.409. The Bertz CT molecular complexity index is 864. The Balaban J connectivity index is 1.29. The van der Waals surface area contributed by atoms with E-state index >= 15 is 0 Å². The highest BCUT2D eigenvalue weighted by atomic mass is 16.7. The van der Waals surface area contributed by atoms with Gasteiger partial charge in [0.05, 0.1) is 7.11 Å². The summed E-state index contributed by atoms with van der Waals surface area (Å²) in [5, 5.41) is 0. The third kappa shape index (κ3) is 4.40. The molecule has 1 fully saturated rings. The minimum Gasteiger partial charge on any atom is -0.493 e. The summed E-state index contributed by atoms with van der Waals surface area (Å²) >= 11 is 0. The van der Waals surface area contributed by atoms with Crippen LogP contribution in [0.25, 0.3) is 0 Å². The first-order chi connectivity index (χ1) is 14.1. The molecule has 0 bridgehead atoms. The first-order valence-electron chi connectivity index (χ1n) is 9.83. The van der Waals surface area contributed by atoms with Crippen LogP contribution in [-0.4, -0.2) is 61.9 Å². The van der Waals surface area contributed by atoms with Crippen molar-refractivity contribution in [3.05, 3.63) is 48.0 Å². The van der Waals surface area contributed by atoms with Crippen LogP contribution in [0.3, 0.4) is 0 Å². The highest BCUT2D eigenvalue weighted by Gasteiger charge is 2.27. The minimum absolute atomic E-state index is 0.00126.